The second-order valence-electron chi connectivity index (χ2n) is 22.4. The van der Waals surface area contributed by atoms with Gasteiger partial charge in [-0.15, -0.1) is 0 Å². The minimum absolute atomic E-state index is 0.00161. The van der Waals surface area contributed by atoms with Gasteiger partial charge in [0.2, 0.25) is 18.4 Å². The molecule has 2 saturated carbocycles. The molecule has 0 bridgehead atoms. The number of carbonyl (C=O) groups is 1. The zero-order chi connectivity index (χ0) is 54.5. The summed E-state index contributed by atoms with van der Waals surface area (Å²) >= 11 is 0. The molecule has 11 rings (SSSR count). The van der Waals surface area contributed by atoms with Crippen molar-refractivity contribution < 1.29 is 46.6 Å². The molecule has 21 heteroatoms. The average molecular weight is 1090 g/mol. The summed E-state index contributed by atoms with van der Waals surface area (Å²) in [6, 6.07) is 20.7. The molecular formula is C57H66FN9O10S. The molecule has 4 N–H and O–H groups in total. The third-order valence-electron chi connectivity index (χ3n) is 16.9. The van der Waals surface area contributed by atoms with E-state index in [0.717, 1.165) is 94.2 Å². The van der Waals surface area contributed by atoms with Crippen molar-refractivity contribution in [1.82, 2.24) is 29.5 Å². The number of fused-ring (bicyclic) bond motifs is 2. The number of piperazine rings is 1. The molecular weight excluding hydrogens is 1020 g/mol. The summed E-state index contributed by atoms with van der Waals surface area (Å²) in [7, 11) is -3.08. The normalized spacial score (nSPS) is 21.7. The Bertz CT molecular complexity index is 3350. The Morgan fingerprint density at radius 3 is 2.50 bits per heavy atom. The van der Waals surface area contributed by atoms with E-state index in [2.05, 4.69) is 83.9 Å². The summed E-state index contributed by atoms with van der Waals surface area (Å²) in [6.07, 6.45) is 10.2. The Kier molecular flexibility index (Phi) is 14.5. The van der Waals surface area contributed by atoms with Crippen LogP contribution in [0, 0.1) is 27.3 Å². The van der Waals surface area contributed by atoms with Crippen LogP contribution in [-0.2, 0) is 16.6 Å². The van der Waals surface area contributed by atoms with Crippen molar-refractivity contribution in [2.45, 2.75) is 107 Å². The van der Waals surface area contributed by atoms with Crippen molar-refractivity contribution >= 4 is 44.2 Å². The average Bonchev–Trinajstić information content (AvgIpc) is 4.10. The first-order valence-electron chi connectivity index (χ1n) is 26.8. The zero-order valence-electron chi connectivity index (χ0n) is 44.3. The first-order chi connectivity index (χ1) is 37.4. The molecule has 4 fully saturated rings. The molecule has 412 valence electrons. The number of piperidine rings is 1. The summed E-state index contributed by atoms with van der Waals surface area (Å²) in [5.74, 6) is 0.977. The lowest BCUT2D eigenvalue weighted by Crippen LogP contribution is -2.60. The number of pyridine rings is 2. The minimum atomic E-state index is -4.72. The number of nitro groups is 1. The van der Waals surface area contributed by atoms with E-state index in [0.29, 0.717) is 61.3 Å². The first-order valence-corrected chi connectivity index (χ1v) is 28.3. The van der Waals surface area contributed by atoms with Crippen LogP contribution in [0.25, 0.3) is 11.0 Å². The maximum atomic E-state index is 14.8. The Hall–Kier alpha value is -7.07. The highest BCUT2D eigenvalue weighted by molar-refractivity contribution is 7.90. The minimum Gasteiger partial charge on any atom is -0.493 e. The third-order valence-corrected chi connectivity index (χ3v) is 18.2. The topological polar surface area (TPSA) is 227 Å². The largest absolute Gasteiger partial charge is 0.493 e. The van der Waals surface area contributed by atoms with Crippen LogP contribution in [0.1, 0.15) is 111 Å². The molecule has 0 unspecified atom stereocenters. The van der Waals surface area contributed by atoms with Gasteiger partial charge in [0.25, 0.3) is 15.9 Å². The third kappa shape index (κ3) is 10.8. The number of aromatic nitrogens is 3. The van der Waals surface area contributed by atoms with Gasteiger partial charge < -0.3 is 39.3 Å². The van der Waals surface area contributed by atoms with Gasteiger partial charge in [-0.05, 0) is 111 Å². The summed E-state index contributed by atoms with van der Waals surface area (Å²) in [4.78, 5) is 43.7. The fraction of sp³-hybridized carbons (Fsp3) is 0.456. The van der Waals surface area contributed by atoms with Crippen LogP contribution < -0.4 is 33.9 Å². The van der Waals surface area contributed by atoms with Crippen molar-refractivity contribution in [1.29, 1.82) is 0 Å². The van der Waals surface area contributed by atoms with Crippen molar-refractivity contribution in [3.05, 3.63) is 124 Å². The predicted molar refractivity (Wildman–Crippen MR) is 290 cm³/mol. The number of anilines is 2. The molecule has 2 aliphatic carbocycles. The Morgan fingerprint density at radius 2 is 1.74 bits per heavy atom. The fourth-order valence-electron chi connectivity index (χ4n) is 12.4. The summed E-state index contributed by atoms with van der Waals surface area (Å²) < 4.78 is 68.1. The number of aromatic amines is 1. The molecule has 6 heterocycles. The molecule has 1 spiro atoms. The number of sulfonamides is 1. The quantitative estimate of drug-likeness (QED) is 0.0523. The molecule has 6 aromatic rings. The zero-order valence-corrected chi connectivity index (χ0v) is 45.1. The van der Waals surface area contributed by atoms with Gasteiger partial charge in [0.05, 0.1) is 41.0 Å². The number of methoxy groups -OCH3 is 1. The van der Waals surface area contributed by atoms with Crippen molar-refractivity contribution in [2.24, 2.45) is 11.3 Å². The number of rotatable bonds is 16. The van der Waals surface area contributed by atoms with E-state index in [1.165, 1.54) is 35.7 Å². The Balaban J connectivity index is 0.787. The molecule has 3 aromatic carbocycles. The Morgan fingerprint density at radius 1 is 0.974 bits per heavy atom. The van der Waals surface area contributed by atoms with Crippen molar-refractivity contribution in [3.8, 4) is 28.7 Å². The first kappa shape index (κ1) is 53.0. The van der Waals surface area contributed by atoms with Crippen LogP contribution in [0.4, 0.5) is 21.6 Å². The van der Waals surface area contributed by atoms with E-state index in [9.17, 15) is 32.8 Å². The van der Waals surface area contributed by atoms with E-state index in [-0.39, 0.29) is 52.4 Å². The number of hydrogen-bond donors (Lipinski definition) is 4. The van der Waals surface area contributed by atoms with Gasteiger partial charge >= 0.3 is 5.69 Å². The van der Waals surface area contributed by atoms with Gasteiger partial charge in [0.15, 0.2) is 11.5 Å². The highest BCUT2D eigenvalue weighted by atomic mass is 32.2. The molecule has 1 amide bonds. The molecule has 19 nitrogen and oxygen atoms in total. The Labute approximate surface area is 452 Å². The fourth-order valence-corrected chi connectivity index (χ4v) is 13.3. The van der Waals surface area contributed by atoms with Crippen LogP contribution in [0.2, 0.25) is 0 Å². The number of aliphatic hydroxyl groups is 1. The van der Waals surface area contributed by atoms with Crippen LogP contribution in [0.15, 0.2) is 90.2 Å². The number of nitrogens with one attached hydrogen (secondary N) is 3. The number of halogens is 1. The van der Waals surface area contributed by atoms with Gasteiger partial charge in [-0.3, -0.25) is 24.7 Å². The van der Waals surface area contributed by atoms with E-state index in [4.69, 9.17) is 18.9 Å². The van der Waals surface area contributed by atoms with E-state index in [1.807, 2.05) is 6.07 Å². The molecule has 78 heavy (non-hydrogen) atoms. The predicted octanol–water partition coefficient (Wildman–Crippen LogP) is 9.44. The monoisotopic (exact) mass is 1090 g/mol. The molecule has 5 aliphatic rings. The van der Waals surface area contributed by atoms with Gasteiger partial charge in [-0.1, -0.05) is 44.2 Å². The van der Waals surface area contributed by atoms with Crippen LogP contribution in [0.5, 0.6) is 28.7 Å². The molecule has 3 aromatic heterocycles. The highest BCUT2D eigenvalue weighted by Crippen LogP contribution is 2.54. The lowest BCUT2D eigenvalue weighted by molar-refractivity contribution is -0.384. The van der Waals surface area contributed by atoms with Crippen molar-refractivity contribution in [2.75, 3.05) is 63.4 Å². The number of amides is 1. The van der Waals surface area contributed by atoms with E-state index >= 15 is 0 Å². The molecule has 2 saturated heterocycles. The highest BCUT2D eigenvalue weighted by Gasteiger charge is 2.50. The van der Waals surface area contributed by atoms with Gasteiger partial charge in [0, 0.05) is 87.5 Å². The van der Waals surface area contributed by atoms with Crippen LogP contribution >= 0.6 is 0 Å². The maximum absolute atomic E-state index is 14.8. The number of benzene rings is 3. The lowest BCUT2D eigenvalue weighted by Gasteiger charge is -2.58. The number of H-pyrrole nitrogens is 1. The second-order valence-corrected chi connectivity index (χ2v) is 24.0. The smallest absolute Gasteiger partial charge is 0.312 e. The van der Waals surface area contributed by atoms with Gasteiger partial charge in [-0.2, -0.15) is 0 Å². The molecule has 1 atom stereocenters. The summed E-state index contributed by atoms with van der Waals surface area (Å²) in [6.45, 7) is 11.7. The SMILES string of the molecule is COc1ccc(CN2CCN(C3CC4(CCN(c5ccc(C(=O)NS(=O)(=O)c6cnc(NCC7CCC(C)(O)CC7)c([N+](=O)[O-])c6)c(Oc6cnc7[nH]cc(F)c7c6)c5)CC4)C3)[C@H](c3ccccc3C(C)C)C2)c2c1OCO2. The van der Waals surface area contributed by atoms with Crippen LogP contribution in [0.3, 0.4) is 0 Å². The summed E-state index contributed by atoms with van der Waals surface area (Å²) in [5.41, 5.74) is 3.55. The molecule has 0 radical (unpaired) electrons. The number of carbonyl (C=O) groups excluding carboxylic acids is 1. The van der Waals surface area contributed by atoms with E-state index in [1.54, 1.807) is 26.2 Å². The summed E-state index contributed by atoms with van der Waals surface area (Å²) in [5, 5.41) is 25.7. The number of ether oxygens (including phenoxy) is 4. The van der Waals surface area contributed by atoms with E-state index < -0.39 is 42.9 Å². The standard InChI is InChI=1S/C57H66FN9O10S/c1-35(2)42-7-5-6-8-43(42)48-33-64(32-37-9-12-49(74-4)52-51(37)75-34-76-52)21-22-66(48)39-26-57(27-39)17-19-65(20-18-57)38-10-11-44(50(23-38)77-40-24-45-46(58)31-62-53(45)60-29-40)55(68)63-78(72,73)41-25-47(67(70)71)54(61-30-41)59-28-36-13-15-56(3,69)16-14-36/h5-12,23-25,29-31,35-36,39,48,69H,13-22,26-28,32-34H2,1-4H3,(H,59,61)(H,60,62)(H,63,68)/t36?,48-,56?/m0/s1. The second kappa shape index (κ2) is 21.3. The number of hydrogen-bond acceptors (Lipinski definition) is 16. The van der Waals surface area contributed by atoms with Crippen molar-refractivity contribution in [3.63, 3.8) is 0 Å². The molecule has 3 aliphatic heterocycles. The van der Waals surface area contributed by atoms with Crippen LogP contribution in [-0.4, -0.2) is 114 Å². The maximum Gasteiger partial charge on any atom is 0.312 e. The van der Waals surface area contributed by atoms with Gasteiger partial charge in [0.1, 0.15) is 27.9 Å². The van der Waals surface area contributed by atoms with Gasteiger partial charge in [-0.25, -0.2) is 27.5 Å². The lowest BCUT2D eigenvalue weighted by atomic mass is 9.59. The number of nitrogens with zero attached hydrogens (tertiary/aromatic N) is 6.